The zero-order chi connectivity index (χ0) is 14.7. The molecule has 0 aliphatic heterocycles. The van der Waals surface area contributed by atoms with Crippen molar-refractivity contribution in [2.24, 2.45) is 0 Å². The van der Waals surface area contributed by atoms with Crippen LogP contribution >= 0.6 is 11.8 Å². The van der Waals surface area contributed by atoms with Gasteiger partial charge in [0.15, 0.2) is 5.58 Å². The number of benzene rings is 2. The monoisotopic (exact) mass is 299 g/mol. The summed E-state index contributed by atoms with van der Waals surface area (Å²) in [5, 5.41) is 9.88. The second-order valence-electron chi connectivity index (χ2n) is 4.56. The van der Waals surface area contributed by atoms with Gasteiger partial charge in [-0.05, 0) is 17.7 Å². The van der Waals surface area contributed by atoms with Crippen LogP contribution < -0.4 is 0 Å². The maximum Gasteiger partial charge on any atom is 0.311 e. The summed E-state index contributed by atoms with van der Waals surface area (Å²) in [6.45, 7) is 0. The molecule has 21 heavy (non-hydrogen) atoms. The minimum absolute atomic E-state index is 0.381. The minimum Gasteiger partial charge on any atom is -0.481 e. The first-order valence-corrected chi connectivity index (χ1v) is 7.49. The summed E-state index contributed by atoms with van der Waals surface area (Å²) in [4.78, 5) is 15.8. The average molecular weight is 299 g/mol. The highest BCUT2D eigenvalue weighted by atomic mass is 32.2. The molecule has 0 radical (unpaired) electrons. The molecule has 1 heterocycles. The molecule has 4 nitrogen and oxygen atoms in total. The van der Waals surface area contributed by atoms with E-state index in [0.29, 0.717) is 16.6 Å². The number of carbonyl (C=O) groups is 1. The molecular formula is C16H13NO3S. The highest BCUT2D eigenvalue weighted by molar-refractivity contribution is 7.99. The van der Waals surface area contributed by atoms with E-state index >= 15 is 0 Å². The lowest BCUT2D eigenvalue weighted by Crippen LogP contribution is -2.14. The van der Waals surface area contributed by atoms with Crippen molar-refractivity contribution in [1.29, 1.82) is 0 Å². The predicted molar refractivity (Wildman–Crippen MR) is 81.6 cm³/mol. The van der Waals surface area contributed by atoms with Gasteiger partial charge in [-0.2, -0.15) is 0 Å². The molecule has 0 aliphatic rings. The van der Waals surface area contributed by atoms with Crippen LogP contribution in [0.25, 0.3) is 11.1 Å². The van der Waals surface area contributed by atoms with E-state index < -0.39 is 11.9 Å². The maximum atomic E-state index is 11.4. The number of aliphatic carboxylic acids is 1. The van der Waals surface area contributed by atoms with Gasteiger partial charge in [-0.3, -0.25) is 4.79 Å². The Morgan fingerprint density at radius 3 is 2.57 bits per heavy atom. The van der Waals surface area contributed by atoms with Crippen LogP contribution in [-0.2, 0) is 4.79 Å². The van der Waals surface area contributed by atoms with Crippen molar-refractivity contribution >= 4 is 28.8 Å². The number of hydrogen-bond acceptors (Lipinski definition) is 4. The first-order valence-electron chi connectivity index (χ1n) is 6.50. The van der Waals surface area contributed by atoms with E-state index in [1.54, 1.807) is 0 Å². The summed E-state index contributed by atoms with van der Waals surface area (Å²) >= 11 is 1.32. The number of aromatic nitrogens is 1. The van der Waals surface area contributed by atoms with Gasteiger partial charge in [-0.1, -0.05) is 54.2 Å². The topological polar surface area (TPSA) is 63.3 Å². The zero-order valence-corrected chi connectivity index (χ0v) is 11.9. The Morgan fingerprint density at radius 2 is 1.86 bits per heavy atom. The lowest BCUT2D eigenvalue weighted by atomic mass is 10.0. The van der Waals surface area contributed by atoms with Crippen molar-refractivity contribution in [1.82, 2.24) is 4.98 Å². The van der Waals surface area contributed by atoms with Gasteiger partial charge in [0.25, 0.3) is 5.22 Å². The number of hydrogen-bond donors (Lipinski definition) is 1. The van der Waals surface area contributed by atoms with Crippen LogP contribution in [0.2, 0.25) is 0 Å². The molecular weight excluding hydrogens is 286 g/mol. The van der Waals surface area contributed by atoms with Gasteiger partial charge in [-0.25, -0.2) is 4.98 Å². The number of oxazole rings is 1. The van der Waals surface area contributed by atoms with Gasteiger partial charge in [0.2, 0.25) is 0 Å². The fourth-order valence-electron chi connectivity index (χ4n) is 2.06. The number of fused-ring (bicyclic) bond motifs is 1. The number of thioether (sulfide) groups is 1. The van der Waals surface area contributed by atoms with Crippen LogP contribution in [0.1, 0.15) is 11.5 Å². The number of para-hydroxylation sites is 2. The van der Waals surface area contributed by atoms with Gasteiger partial charge in [0.05, 0.1) is 5.92 Å². The van der Waals surface area contributed by atoms with E-state index in [1.807, 2.05) is 54.6 Å². The summed E-state index contributed by atoms with van der Waals surface area (Å²) in [5.41, 5.74) is 2.28. The van der Waals surface area contributed by atoms with Crippen molar-refractivity contribution in [3.63, 3.8) is 0 Å². The van der Waals surface area contributed by atoms with Crippen molar-refractivity contribution in [2.75, 3.05) is 5.75 Å². The quantitative estimate of drug-likeness (QED) is 0.726. The van der Waals surface area contributed by atoms with Crippen LogP contribution in [0.5, 0.6) is 0 Å². The van der Waals surface area contributed by atoms with E-state index in [1.165, 1.54) is 11.8 Å². The fourth-order valence-corrected chi connectivity index (χ4v) is 3.02. The van der Waals surface area contributed by atoms with Crippen LogP contribution in [0.4, 0.5) is 0 Å². The molecule has 1 aromatic heterocycles. The van der Waals surface area contributed by atoms with Crippen molar-refractivity contribution in [3.05, 3.63) is 60.2 Å². The van der Waals surface area contributed by atoms with E-state index in [9.17, 15) is 9.90 Å². The Bertz CT molecular complexity index is 721. The normalized spacial score (nSPS) is 12.4. The third kappa shape index (κ3) is 3.08. The molecule has 0 amide bonds. The first-order chi connectivity index (χ1) is 10.2. The highest BCUT2D eigenvalue weighted by Crippen LogP contribution is 2.28. The second-order valence-corrected chi connectivity index (χ2v) is 5.53. The van der Waals surface area contributed by atoms with Crippen LogP contribution in [0.3, 0.4) is 0 Å². The van der Waals surface area contributed by atoms with Gasteiger partial charge >= 0.3 is 5.97 Å². The van der Waals surface area contributed by atoms with Crippen LogP contribution in [-0.4, -0.2) is 21.8 Å². The predicted octanol–water partition coefficient (Wildman–Crippen LogP) is 3.79. The van der Waals surface area contributed by atoms with Gasteiger partial charge in [0, 0.05) is 5.75 Å². The minimum atomic E-state index is -0.843. The molecule has 106 valence electrons. The number of carboxylic acids is 1. The van der Waals surface area contributed by atoms with Gasteiger partial charge in [0.1, 0.15) is 5.52 Å². The summed E-state index contributed by atoms with van der Waals surface area (Å²) < 4.78 is 5.59. The molecule has 0 saturated heterocycles. The second kappa shape index (κ2) is 6.01. The summed E-state index contributed by atoms with van der Waals surface area (Å²) in [6, 6.07) is 16.7. The van der Waals surface area contributed by atoms with E-state index in [2.05, 4.69) is 4.98 Å². The first kappa shape index (κ1) is 13.7. The molecule has 3 aromatic rings. The van der Waals surface area contributed by atoms with Crippen LogP contribution in [0.15, 0.2) is 64.2 Å². The van der Waals surface area contributed by atoms with Gasteiger partial charge < -0.3 is 9.52 Å². The lowest BCUT2D eigenvalue weighted by molar-refractivity contribution is -0.138. The van der Waals surface area contributed by atoms with Crippen LogP contribution in [0, 0.1) is 0 Å². The molecule has 3 rings (SSSR count). The van der Waals surface area contributed by atoms with E-state index in [4.69, 9.17) is 4.42 Å². The smallest absolute Gasteiger partial charge is 0.311 e. The van der Waals surface area contributed by atoms with Crippen molar-refractivity contribution < 1.29 is 14.3 Å². The standard InChI is InChI=1S/C16H13NO3S/c18-15(19)12(11-6-2-1-3-7-11)10-21-16-17-13-8-4-5-9-14(13)20-16/h1-9,12H,10H2,(H,18,19). The molecule has 0 spiro atoms. The maximum absolute atomic E-state index is 11.4. The fraction of sp³-hybridized carbons (Fsp3) is 0.125. The molecule has 5 heteroatoms. The van der Waals surface area contributed by atoms with Crippen molar-refractivity contribution in [2.45, 2.75) is 11.1 Å². The molecule has 1 N–H and O–H groups in total. The van der Waals surface area contributed by atoms with E-state index in [-0.39, 0.29) is 0 Å². The highest BCUT2D eigenvalue weighted by Gasteiger charge is 2.21. The SMILES string of the molecule is O=C(O)C(CSc1nc2ccccc2o1)c1ccccc1. The Morgan fingerprint density at radius 1 is 1.14 bits per heavy atom. The largest absolute Gasteiger partial charge is 0.481 e. The Kier molecular flexibility index (Phi) is 3.92. The molecule has 0 aliphatic carbocycles. The summed E-state index contributed by atoms with van der Waals surface area (Å²) in [7, 11) is 0. The lowest BCUT2D eigenvalue weighted by Gasteiger charge is -2.10. The van der Waals surface area contributed by atoms with Crippen molar-refractivity contribution in [3.8, 4) is 0 Å². The molecule has 2 aromatic carbocycles. The molecule has 1 unspecified atom stereocenters. The molecule has 0 bridgehead atoms. The Labute approximate surface area is 125 Å². The van der Waals surface area contributed by atoms with E-state index in [0.717, 1.165) is 11.1 Å². The summed E-state index contributed by atoms with van der Waals surface area (Å²) in [6.07, 6.45) is 0. The average Bonchev–Trinajstić information content (AvgIpc) is 2.91. The Hall–Kier alpha value is -2.27. The molecule has 0 fully saturated rings. The third-order valence-corrected chi connectivity index (χ3v) is 4.07. The number of nitrogens with zero attached hydrogens (tertiary/aromatic N) is 1. The molecule has 1 atom stereocenters. The Balaban J connectivity index is 1.76. The van der Waals surface area contributed by atoms with Gasteiger partial charge in [-0.15, -0.1) is 0 Å². The zero-order valence-electron chi connectivity index (χ0n) is 11.1. The summed E-state index contributed by atoms with van der Waals surface area (Å²) in [5.74, 6) is -1.04. The number of carboxylic acid groups (broad SMARTS) is 1. The number of rotatable bonds is 5. The molecule has 0 saturated carbocycles. The third-order valence-electron chi connectivity index (χ3n) is 3.15.